The predicted octanol–water partition coefficient (Wildman–Crippen LogP) is 2.52. The Morgan fingerprint density at radius 3 is 2.38 bits per heavy atom. The minimum absolute atomic E-state index is 0.0444. The van der Waals surface area contributed by atoms with Gasteiger partial charge in [0.1, 0.15) is 5.75 Å². The number of nitrogens with two attached hydrogens (primary N) is 1. The second kappa shape index (κ2) is 10.3. The van der Waals surface area contributed by atoms with Crippen LogP contribution in [-0.2, 0) is 16.0 Å². The second-order valence-electron chi connectivity index (χ2n) is 6.69. The van der Waals surface area contributed by atoms with E-state index in [1.54, 1.807) is 36.3 Å². The van der Waals surface area contributed by atoms with E-state index in [2.05, 4.69) is 5.32 Å². The summed E-state index contributed by atoms with van der Waals surface area (Å²) in [5, 5.41) is 2.75. The number of carbonyl (C=O) groups is 3. The highest BCUT2D eigenvalue weighted by Gasteiger charge is 2.15. The largest absolute Gasteiger partial charge is 0.496 e. The number of amides is 3. The molecule has 0 saturated carbocycles. The van der Waals surface area contributed by atoms with E-state index in [9.17, 15) is 14.4 Å². The van der Waals surface area contributed by atoms with Gasteiger partial charge >= 0.3 is 0 Å². The first-order valence-corrected chi connectivity index (χ1v) is 9.45. The number of nitrogens with zero attached hydrogens (tertiary/aromatic N) is 1. The number of ether oxygens (including phenoxy) is 1. The molecule has 154 valence electrons. The first kappa shape index (κ1) is 21.9. The first-order chi connectivity index (χ1) is 13.8. The van der Waals surface area contributed by atoms with Crippen molar-refractivity contribution in [2.45, 2.75) is 26.7 Å². The minimum Gasteiger partial charge on any atom is -0.496 e. The summed E-state index contributed by atoms with van der Waals surface area (Å²) in [6.45, 7) is 4.67. The molecule has 0 heterocycles. The number of aryl methyl sites for hydroxylation is 1. The van der Waals surface area contributed by atoms with Crippen LogP contribution < -0.4 is 15.8 Å². The van der Waals surface area contributed by atoms with Crippen molar-refractivity contribution in [3.63, 3.8) is 0 Å². The Bertz CT molecular complexity index is 878. The van der Waals surface area contributed by atoms with E-state index in [0.29, 0.717) is 24.3 Å². The molecule has 0 aliphatic rings. The van der Waals surface area contributed by atoms with Gasteiger partial charge in [0.05, 0.1) is 13.5 Å². The van der Waals surface area contributed by atoms with Crippen LogP contribution in [0.15, 0.2) is 42.5 Å². The number of benzene rings is 2. The Hall–Kier alpha value is -3.35. The number of primary amides is 1. The van der Waals surface area contributed by atoms with Gasteiger partial charge in [-0.3, -0.25) is 14.4 Å². The first-order valence-electron chi connectivity index (χ1n) is 9.45. The molecule has 0 radical (unpaired) electrons. The third-order valence-corrected chi connectivity index (χ3v) is 4.62. The van der Waals surface area contributed by atoms with Crippen molar-refractivity contribution >= 4 is 23.4 Å². The van der Waals surface area contributed by atoms with Crippen molar-refractivity contribution in [2.75, 3.05) is 25.5 Å². The standard InChI is InChI=1S/C22H27N3O4/c1-4-25(21(27)14-16-6-5-15(2)19(13-16)29-3)12-11-20(26)24-18-9-7-17(8-10-18)22(23)28/h5-10,13H,4,11-12,14H2,1-3H3,(H2,23,28)(H,24,26). The molecule has 2 aromatic carbocycles. The number of hydrogen-bond acceptors (Lipinski definition) is 4. The molecular weight excluding hydrogens is 370 g/mol. The number of rotatable bonds is 9. The summed E-state index contributed by atoms with van der Waals surface area (Å²) in [6.07, 6.45) is 0.426. The van der Waals surface area contributed by atoms with E-state index in [-0.39, 0.29) is 24.7 Å². The van der Waals surface area contributed by atoms with Crippen molar-refractivity contribution in [1.29, 1.82) is 0 Å². The van der Waals surface area contributed by atoms with Gasteiger partial charge in [-0.2, -0.15) is 0 Å². The van der Waals surface area contributed by atoms with Crippen LogP contribution >= 0.6 is 0 Å². The van der Waals surface area contributed by atoms with Crippen LogP contribution in [0.1, 0.15) is 34.8 Å². The summed E-state index contributed by atoms with van der Waals surface area (Å²) in [4.78, 5) is 37.5. The van der Waals surface area contributed by atoms with Crippen molar-refractivity contribution in [1.82, 2.24) is 4.90 Å². The average molecular weight is 397 g/mol. The number of nitrogens with one attached hydrogen (secondary N) is 1. The number of likely N-dealkylation sites (N-methyl/N-ethyl adjacent to an activating group) is 1. The molecule has 7 nitrogen and oxygen atoms in total. The molecule has 0 aliphatic heterocycles. The number of methoxy groups -OCH3 is 1. The molecule has 2 aromatic rings. The lowest BCUT2D eigenvalue weighted by Gasteiger charge is -2.21. The third kappa shape index (κ3) is 6.34. The van der Waals surface area contributed by atoms with Gasteiger partial charge in [-0.15, -0.1) is 0 Å². The van der Waals surface area contributed by atoms with Crippen LogP contribution in [0, 0.1) is 6.92 Å². The third-order valence-electron chi connectivity index (χ3n) is 4.62. The molecule has 0 bridgehead atoms. The molecule has 0 aliphatic carbocycles. The van der Waals surface area contributed by atoms with Crippen molar-refractivity contribution in [3.05, 3.63) is 59.2 Å². The molecular formula is C22H27N3O4. The van der Waals surface area contributed by atoms with E-state index in [0.717, 1.165) is 16.9 Å². The van der Waals surface area contributed by atoms with Gasteiger partial charge < -0.3 is 20.7 Å². The van der Waals surface area contributed by atoms with Gasteiger partial charge in [0.15, 0.2) is 0 Å². The van der Waals surface area contributed by atoms with Gasteiger partial charge in [-0.25, -0.2) is 0 Å². The monoisotopic (exact) mass is 397 g/mol. The fourth-order valence-electron chi connectivity index (χ4n) is 2.90. The fraction of sp³-hybridized carbons (Fsp3) is 0.318. The summed E-state index contributed by atoms with van der Waals surface area (Å²) in [7, 11) is 1.60. The molecule has 29 heavy (non-hydrogen) atoms. The van der Waals surface area contributed by atoms with E-state index in [4.69, 9.17) is 10.5 Å². The number of carbonyl (C=O) groups excluding carboxylic acids is 3. The molecule has 7 heteroatoms. The quantitative estimate of drug-likeness (QED) is 0.679. The maximum absolute atomic E-state index is 12.6. The molecule has 0 fully saturated rings. The minimum atomic E-state index is -0.522. The molecule has 3 N–H and O–H groups in total. The van der Waals surface area contributed by atoms with Gasteiger partial charge in [0.2, 0.25) is 17.7 Å². The normalized spacial score (nSPS) is 10.3. The average Bonchev–Trinajstić information content (AvgIpc) is 2.70. The van der Waals surface area contributed by atoms with Crippen LogP contribution in [0.3, 0.4) is 0 Å². The highest BCUT2D eigenvalue weighted by atomic mass is 16.5. The van der Waals surface area contributed by atoms with Crippen LogP contribution in [0.2, 0.25) is 0 Å². The summed E-state index contributed by atoms with van der Waals surface area (Å²) in [6, 6.07) is 12.0. The molecule has 3 amide bonds. The molecule has 0 saturated heterocycles. The fourth-order valence-corrected chi connectivity index (χ4v) is 2.90. The topological polar surface area (TPSA) is 102 Å². The lowest BCUT2D eigenvalue weighted by molar-refractivity contribution is -0.130. The van der Waals surface area contributed by atoms with Crippen molar-refractivity contribution < 1.29 is 19.1 Å². The Morgan fingerprint density at radius 2 is 1.79 bits per heavy atom. The zero-order valence-corrected chi connectivity index (χ0v) is 17.0. The lowest BCUT2D eigenvalue weighted by atomic mass is 10.1. The molecule has 2 rings (SSSR count). The summed E-state index contributed by atoms with van der Waals surface area (Å²) in [5.41, 5.74) is 8.02. The van der Waals surface area contributed by atoms with Crippen LogP contribution in [0.25, 0.3) is 0 Å². The smallest absolute Gasteiger partial charge is 0.248 e. The van der Waals surface area contributed by atoms with Gasteiger partial charge in [-0.05, 0) is 55.3 Å². The maximum atomic E-state index is 12.6. The van der Waals surface area contributed by atoms with Gasteiger partial charge in [-0.1, -0.05) is 12.1 Å². The van der Waals surface area contributed by atoms with Crippen LogP contribution in [-0.4, -0.2) is 42.8 Å². The summed E-state index contributed by atoms with van der Waals surface area (Å²) < 4.78 is 5.31. The SMILES string of the molecule is CCN(CCC(=O)Nc1ccc(C(N)=O)cc1)C(=O)Cc1ccc(C)c(OC)c1. The Morgan fingerprint density at radius 1 is 1.10 bits per heavy atom. The summed E-state index contributed by atoms with van der Waals surface area (Å²) in [5.74, 6) is -0.0247. The highest BCUT2D eigenvalue weighted by molar-refractivity contribution is 5.95. The van der Waals surface area contributed by atoms with Gasteiger partial charge in [0, 0.05) is 30.8 Å². The molecule has 0 spiro atoms. The summed E-state index contributed by atoms with van der Waals surface area (Å²) >= 11 is 0. The maximum Gasteiger partial charge on any atom is 0.248 e. The Kier molecular flexibility index (Phi) is 7.77. The van der Waals surface area contributed by atoms with Gasteiger partial charge in [0.25, 0.3) is 0 Å². The predicted molar refractivity (Wildman–Crippen MR) is 112 cm³/mol. The molecule has 0 unspecified atom stereocenters. The Balaban J connectivity index is 1.89. The van der Waals surface area contributed by atoms with Crippen molar-refractivity contribution in [3.8, 4) is 5.75 Å². The van der Waals surface area contributed by atoms with Crippen molar-refractivity contribution in [2.24, 2.45) is 5.73 Å². The Labute approximate surface area is 170 Å². The lowest BCUT2D eigenvalue weighted by Crippen LogP contribution is -2.34. The molecule has 0 aromatic heterocycles. The number of hydrogen-bond donors (Lipinski definition) is 2. The van der Waals surface area contributed by atoms with E-state index in [1.165, 1.54) is 0 Å². The molecule has 0 atom stereocenters. The van der Waals surface area contributed by atoms with Crippen LogP contribution in [0.5, 0.6) is 5.75 Å². The number of anilines is 1. The van der Waals surface area contributed by atoms with E-state index >= 15 is 0 Å². The second-order valence-corrected chi connectivity index (χ2v) is 6.69. The zero-order valence-electron chi connectivity index (χ0n) is 17.0. The highest BCUT2D eigenvalue weighted by Crippen LogP contribution is 2.19. The zero-order chi connectivity index (χ0) is 21.4. The van der Waals surface area contributed by atoms with E-state index in [1.807, 2.05) is 32.0 Å². The van der Waals surface area contributed by atoms with Crippen LogP contribution in [0.4, 0.5) is 5.69 Å². The van der Waals surface area contributed by atoms with E-state index < -0.39 is 5.91 Å².